The summed E-state index contributed by atoms with van der Waals surface area (Å²) in [5.74, 6) is 2.06. The van der Waals surface area contributed by atoms with Crippen LogP contribution < -0.4 is 14.2 Å². The molecule has 1 aromatic heterocycles. The Morgan fingerprint density at radius 3 is 2.27 bits per heavy atom. The van der Waals surface area contributed by atoms with Crippen molar-refractivity contribution in [3.63, 3.8) is 0 Å². The van der Waals surface area contributed by atoms with E-state index in [0.29, 0.717) is 23.0 Å². The predicted octanol–water partition coefficient (Wildman–Crippen LogP) is 3.69. The molecule has 3 rings (SSSR count). The van der Waals surface area contributed by atoms with Gasteiger partial charge in [0.05, 0.1) is 26.9 Å². The zero-order valence-electron chi connectivity index (χ0n) is 14.4. The molecule has 0 fully saturated rings. The molecule has 7 nitrogen and oxygen atoms in total. The van der Waals surface area contributed by atoms with Gasteiger partial charge in [-0.1, -0.05) is 0 Å². The molecule has 0 saturated heterocycles. The smallest absolute Gasteiger partial charge is 0.284 e. The number of nitrogens with zero attached hydrogens (tertiary/aromatic N) is 2. The van der Waals surface area contributed by atoms with Crippen molar-refractivity contribution >= 4 is 16.9 Å². The fourth-order valence-corrected chi connectivity index (χ4v) is 2.84. The highest BCUT2D eigenvalue weighted by Crippen LogP contribution is 2.31. The molecule has 0 aliphatic carbocycles. The van der Waals surface area contributed by atoms with E-state index in [2.05, 4.69) is 10.2 Å². The van der Waals surface area contributed by atoms with Gasteiger partial charge in [-0.05, 0) is 36.4 Å². The second-order valence-electron chi connectivity index (χ2n) is 5.06. The van der Waals surface area contributed by atoms with Crippen LogP contribution in [-0.2, 0) is 0 Å². The number of aromatic nitrogens is 2. The maximum absolute atomic E-state index is 12.5. The van der Waals surface area contributed by atoms with Crippen molar-refractivity contribution in [2.75, 3.05) is 21.3 Å². The number of benzene rings is 2. The molecule has 26 heavy (non-hydrogen) atoms. The zero-order valence-corrected chi connectivity index (χ0v) is 15.2. The SMILES string of the molecule is COc1ccc(-c2nnc(SC(=O)c3ccc(OC)cc3OC)o2)cc1. The highest BCUT2D eigenvalue weighted by molar-refractivity contribution is 8.14. The molecule has 0 amide bonds. The fraction of sp³-hybridized carbons (Fsp3) is 0.167. The lowest BCUT2D eigenvalue weighted by molar-refractivity contribution is 0.108. The van der Waals surface area contributed by atoms with Crippen LogP contribution >= 0.6 is 11.8 Å². The maximum Gasteiger partial charge on any atom is 0.284 e. The lowest BCUT2D eigenvalue weighted by Crippen LogP contribution is -1.99. The fourth-order valence-electron chi connectivity index (χ4n) is 2.20. The first kappa shape index (κ1) is 17.8. The van der Waals surface area contributed by atoms with Gasteiger partial charge in [-0.3, -0.25) is 4.79 Å². The summed E-state index contributed by atoms with van der Waals surface area (Å²) in [6, 6.07) is 12.1. The quantitative estimate of drug-likeness (QED) is 0.606. The van der Waals surface area contributed by atoms with Crippen LogP contribution in [0.4, 0.5) is 0 Å². The Balaban J connectivity index is 1.77. The van der Waals surface area contributed by atoms with Gasteiger partial charge in [0, 0.05) is 23.4 Å². The topological polar surface area (TPSA) is 83.7 Å². The minimum Gasteiger partial charge on any atom is -0.497 e. The van der Waals surface area contributed by atoms with E-state index in [1.54, 1.807) is 56.7 Å². The van der Waals surface area contributed by atoms with Gasteiger partial charge in [-0.25, -0.2) is 0 Å². The first-order chi connectivity index (χ1) is 12.6. The second-order valence-corrected chi connectivity index (χ2v) is 5.98. The van der Waals surface area contributed by atoms with Crippen molar-refractivity contribution in [3.05, 3.63) is 48.0 Å². The molecule has 0 aliphatic rings. The molecule has 1 heterocycles. The van der Waals surface area contributed by atoms with E-state index < -0.39 is 0 Å². The molecule has 0 radical (unpaired) electrons. The van der Waals surface area contributed by atoms with Crippen LogP contribution in [0, 0.1) is 0 Å². The minimum absolute atomic E-state index is 0.152. The Morgan fingerprint density at radius 1 is 0.923 bits per heavy atom. The van der Waals surface area contributed by atoms with Gasteiger partial charge in [0.2, 0.25) is 11.0 Å². The van der Waals surface area contributed by atoms with Gasteiger partial charge in [0.1, 0.15) is 17.2 Å². The molecular formula is C18H16N2O5S. The molecule has 0 saturated carbocycles. The molecule has 3 aromatic rings. The number of rotatable bonds is 6. The number of carbonyl (C=O) groups is 1. The van der Waals surface area contributed by atoms with E-state index in [0.717, 1.165) is 23.1 Å². The lowest BCUT2D eigenvalue weighted by atomic mass is 10.2. The van der Waals surface area contributed by atoms with Crippen molar-refractivity contribution in [3.8, 4) is 28.7 Å². The van der Waals surface area contributed by atoms with Crippen LogP contribution in [0.3, 0.4) is 0 Å². The summed E-state index contributed by atoms with van der Waals surface area (Å²) in [6.45, 7) is 0. The highest BCUT2D eigenvalue weighted by Gasteiger charge is 2.19. The number of hydrogen-bond donors (Lipinski definition) is 0. The van der Waals surface area contributed by atoms with Gasteiger partial charge in [0.25, 0.3) is 5.22 Å². The number of thioether (sulfide) groups is 1. The molecular weight excluding hydrogens is 356 g/mol. The molecule has 0 spiro atoms. The van der Waals surface area contributed by atoms with E-state index in [9.17, 15) is 4.79 Å². The van der Waals surface area contributed by atoms with Crippen molar-refractivity contribution < 1.29 is 23.4 Å². The summed E-state index contributed by atoms with van der Waals surface area (Å²) in [6.07, 6.45) is 0. The van der Waals surface area contributed by atoms with E-state index in [-0.39, 0.29) is 10.3 Å². The van der Waals surface area contributed by atoms with Crippen LogP contribution in [0.5, 0.6) is 17.2 Å². The molecule has 8 heteroatoms. The van der Waals surface area contributed by atoms with Crippen molar-refractivity contribution in [1.29, 1.82) is 0 Å². The summed E-state index contributed by atoms with van der Waals surface area (Å²) in [7, 11) is 4.63. The third-order valence-corrected chi connectivity index (χ3v) is 4.30. The molecule has 134 valence electrons. The average molecular weight is 372 g/mol. The first-order valence-electron chi connectivity index (χ1n) is 7.56. The molecule has 0 bridgehead atoms. The summed E-state index contributed by atoms with van der Waals surface area (Å²) in [5, 5.41) is 7.78. The third-order valence-electron chi connectivity index (χ3n) is 3.55. The number of methoxy groups -OCH3 is 3. The summed E-state index contributed by atoms with van der Waals surface area (Å²) in [5.41, 5.74) is 1.13. The summed E-state index contributed by atoms with van der Waals surface area (Å²) >= 11 is 0.838. The van der Waals surface area contributed by atoms with Crippen molar-refractivity contribution in [1.82, 2.24) is 10.2 Å². The van der Waals surface area contributed by atoms with Gasteiger partial charge in [0.15, 0.2) is 0 Å². The van der Waals surface area contributed by atoms with Crippen molar-refractivity contribution in [2.45, 2.75) is 5.22 Å². The Morgan fingerprint density at radius 2 is 1.62 bits per heavy atom. The third kappa shape index (κ3) is 3.80. The number of hydrogen-bond acceptors (Lipinski definition) is 8. The van der Waals surface area contributed by atoms with Crippen LogP contribution in [0.15, 0.2) is 52.1 Å². The van der Waals surface area contributed by atoms with Gasteiger partial charge in [-0.15, -0.1) is 10.2 Å². The van der Waals surface area contributed by atoms with Gasteiger partial charge >= 0.3 is 0 Å². The maximum atomic E-state index is 12.5. The molecule has 0 atom stereocenters. The molecule has 2 aromatic carbocycles. The summed E-state index contributed by atoms with van der Waals surface area (Å²) in [4.78, 5) is 12.5. The minimum atomic E-state index is -0.269. The number of ether oxygens (including phenoxy) is 3. The first-order valence-corrected chi connectivity index (χ1v) is 8.38. The van der Waals surface area contributed by atoms with Crippen molar-refractivity contribution in [2.24, 2.45) is 0 Å². The van der Waals surface area contributed by atoms with E-state index >= 15 is 0 Å². The van der Waals surface area contributed by atoms with Crippen LogP contribution in [0.2, 0.25) is 0 Å². The lowest BCUT2D eigenvalue weighted by Gasteiger charge is -2.08. The van der Waals surface area contributed by atoms with E-state index in [4.69, 9.17) is 18.6 Å². The Hall–Kier alpha value is -3.00. The Labute approximate surface area is 154 Å². The van der Waals surface area contributed by atoms with Gasteiger partial charge < -0.3 is 18.6 Å². The zero-order chi connectivity index (χ0) is 18.5. The highest BCUT2D eigenvalue weighted by atomic mass is 32.2. The monoisotopic (exact) mass is 372 g/mol. The molecule has 0 N–H and O–H groups in total. The van der Waals surface area contributed by atoms with Gasteiger partial charge in [-0.2, -0.15) is 0 Å². The Kier molecular flexibility index (Phi) is 5.43. The summed E-state index contributed by atoms with van der Waals surface area (Å²) < 4.78 is 21.1. The van der Waals surface area contributed by atoms with Crippen LogP contribution in [0.25, 0.3) is 11.5 Å². The number of carbonyl (C=O) groups excluding carboxylic acids is 1. The average Bonchev–Trinajstić information content (AvgIpc) is 3.15. The molecule has 0 aliphatic heterocycles. The van der Waals surface area contributed by atoms with Crippen LogP contribution in [0.1, 0.15) is 10.4 Å². The Bertz CT molecular complexity index is 908. The normalized spacial score (nSPS) is 10.4. The standard InChI is InChI=1S/C18H16N2O5S/c1-22-12-6-4-11(5-7-12)16-19-20-18(25-16)26-17(21)14-9-8-13(23-2)10-15(14)24-3/h4-10H,1-3H3. The predicted molar refractivity (Wildman–Crippen MR) is 96.0 cm³/mol. The molecule has 0 unspecified atom stereocenters. The largest absolute Gasteiger partial charge is 0.497 e. The van der Waals surface area contributed by atoms with E-state index in [1.165, 1.54) is 7.11 Å². The second kappa shape index (κ2) is 7.92. The van der Waals surface area contributed by atoms with Crippen LogP contribution in [-0.4, -0.2) is 36.6 Å². The van der Waals surface area contributed by atoms with E-state index in [1.807, 2.05) is 0 Å².